The van der Waals surface area contributed by atoms with Gasteiger partial charge in [-0.3, -0.25) is 4.90 Å². The van der Waals surface area contributed by atoms with Crippen molar-refractivity contribution >= 4 is 38.3 Å². The van der Waals surface area contributed by atoms with Crippen LogP contribution in [0.4, 0.5) is 5.13 Å². The molecule has 5 heteroatoms. The molecule has 1 fully saturated rings. The summed E-state index contributed by atoms with van der Waals surface area (Å²) < 4.78 is 1.28. The molecule has 2 aromatic carbocycles. The summed E-state index contributed by atoms with van der Waals surface area (Å²) in [5.74, 6) is 0.574. The molecule has 148 valence electrons. The average molecular weight is 414 g/mol. The fourth-order valence-electron chi connectivity index (χ4n) is 4.31. The zero-order chi connectivity index (χ0) is 19.8. The van der Waals surface area contributed by atoms with Crippen molar-refractivity contribution in [1.29, 1.82) is 0 Å². The minimum absolute atomic E-state index is 0.470. The van der Waals surface area contributed by atoms with E-state index in [0.29, 0.717) is 18.0 Å². The van der Waals surface area contributed by atoms with Crippen LogP contribution in [0.15, 0.2) is 36.4 Å². The van der Waals surface area contributed by atoms with Crippen molar-refractivity contribution in [3.63, 3.8) is 0 Å². The van der Waals surface area contributed by atoms with E-state index in [0.717, 1.165) is 30.3 Å². The Morgan fingerprint density at radius 2 is 1.71 bits per heavy atom. The van der Waals surface area contributed by atoms with Gasteiger partial charge in [0.15, 0.2) is 5.13 Å². The predicted molar refractivity (Wildman–Crippen MR) is 122 cm³/mol. The van der Waals surface area contributed by atoms with E-state index < -0.39 is 0 Å². The van der Waals surface area contributed by atoms with Crippen LogP contribution in [0.25, 0.3) is 10.2 Å². The standard InChI is InChI=1S/C23H28ClN3S/c1-15-5-6-21-22(9-15)28-23(25-21)26-12-17(3)27(18(4)13-26)14-20-8-16(2)7-19(10-20)11-24/h5-10,17-18H,11-14H2,1-4H3. The summed E-state index contributed by atoms with van der Waals surface area (Å²) in [4.78, 5) is 9.98. The van der Waals surface area contributed by atoms with Gasteiger partial charge in [-0.05, 0) is 56.5 Å². The number of hydrogen-bond donors (Lipinski definition) is 0. The Balaban J connectivity index is 1.51. The Labute approximate surface area is 176 Å². The summed E-state index contributed by atoms with van der Waals surface area (Å²) in [6.07, 6.45) is 0. The van der Waals surface area contributed by atoms with Gasteiger partial charge >= 0.3 is 0 Å². The topological polar surface area (TPSA) is 19.4 Å². The maximum absolute atomic E-state index is 6.08. The summed E-state index contributed by atoms with van der Waals surface area (Å²) in [5.41, 5.74) is 6.26. The maximum Gasteiger partial charge on any atom is 0.186 e. The van der Waals surface area contributed by atoms with Crippen molar-refractivity contribution in [2.75, 3.05) is 18.0 Å². The van der Waals surface area contributed by atoms with Crippen LogP contribution in [0.5, 0.6) is 0 Å². The Hall–Kier alpha value is -1.62. The van der Waals surface area contributed by atoms with Crippen LogP contribution in [0.2, 0.25) is 0 Å². The molecule has 2 atom stereocenters. The van der Waals surface area contributed by atoms with Crippen LogP contribution in [-0.4, -0.2) is 35.1 Å². The van der Waals surface area contributed by atoms with Crippen molar-refractivity contribution in [2.45, 2.75) is 52.2 Å². The molecular weight excluding hydrogens is 386 g/mol. The van der Waals surface area contributed by atoms with Crippen LogP contribution in [0, 0.1) is 13.8 Å². The van der Waals surface area contributed by atoms with E-state index >= 15 is 0 Å². The van der Waals surface area contributed by atoms with Crippen LogP contribution in [0.3, 0.4) is 0 Å². The number of halogens is 1. The highest BCUT2D eigenvalue weighted by Crippen LogP contribution is 2.32. The number of benzene rings is 2. The normalized spacial score (nSPS) is 20.8. The van der Waals surface area contributed by atoms with Gasteiger partial charge in [-0.25, -0.2) is 4.98 Å². The van der Waals surface area contributed by atoms with Crippen LogP contribution < -0.4 is 4.90 Å². The van der Waals surface area contributed by atoms with Gasteiger partial charge in [0.05, 0.1) is 10.2 Å². The molecule has 1 aliphatic rings. The third-order valence-electron chi connectivity index (χ3n) is 5.62. The molecule has 3 aromatic rings. The molecule has 3 nitrogen and oxygen atoms in total. The molecule has 0 amide bonds. The molecule has 0 bridgehead atoms. The minimum Gasteiger partial charge on any atom is -0.345 e. The molecule has 1 saturated heterocycles. The molecule has 0 spiro atoms. The van der Waals surface area contributed by atoms with Crippen LogP contribution >= 0.6 is 22.9 Å². The first-order valence-corrected chi connectivity index (χ1v) is 11.3. The second-order valence-corrected chi connectivity index (χ2v) is 9.48. The van der Waals surface area contributed by atoms with E-state index in [9.17, 15) is 0 Å². The van der Waals surface area contributed by atoms with Gasteiger partial charge in [0.2, 0.25) is 0 Å². The summed E-state index contributed by atoms with van der Waals surface area (Å²) in [6, 6.07) is 14.2. The molecule has 28 heavy (non-hydrogen) atoms. The molecule has 2 heterocycles. The van der Waals surface area contributed by atoms with Gasteiger partial charge in [-0.2, -0.15) is 0 Å². The molecule has 0 radical (unpaired) electrons. The second-order valence-electron chi connectivity index (χ2n) is 8.20. The summed E-state index contributed by atoms with van der Waals surface area (Å²) in [6.45, 7) is 12.0. The van der Waals surface area contributed by atoms with Gasteiger partial charge < -0.3 is 4.90 Å². The summed E-state index contributed by atoms with van der Waals surface area (Å²) in [7, 11) is 0. The van der Waals surface area contributed by atoms with Crippen molar-refractivity contribution in [1.82, 2.24) is 9.88 Å². The molecule has 4 rings (SSSR count). The number of fused-ring (bicyclic) bond motifs is 1. The number of aromatic nitrogens is 1. The number of nitrogens with zero attached hydrogens (tertiary/aromatic N) is 3. The monoisotopic (exact) mass is 413 g/mol. The fourth-order valence-corrected chi connectivity index (χ4v) is 5.54. The highest BCUT2D eigenvalue weighted by atomic mass is 35.5. The lowest BCUT2D eigenvalue weighted by Crippen LogP contribution is -2.56. The number of rotatable bonds is 4. The smallest absolute Gasteiger partial charge is 0.186 e. The van der Waals surface area contributed by atoms with E-state index in [1.807, 2.05) is 11.3 Å². The van der Waals surface area contributed by atoms with Gasteiger partial charge in [0, 0.05) is 37.6 Å². The number of anilines is 1. The predicted octanol–water partition coefficient (Wildman–Crippen LogP) is 5.75. The average Bonchev–Trinajstić information content (AvgIpc) is 3.07. The minimum atomic E-state index is 0.470. The Bertz CT molecular complexity index is 971. The number of hydrogen-bond acceptors (Lipinski definition) is 4. The van der Waals surface area contributed by atoms with Gasteiger partial charge in [-0.15, -0.1) is 11.6 Å². The van der Waals surface area contributed by atoms with Crippen molar-refractivity contribution in [3.8, 4) is 0 Å². The Morgan fingerprint density at radius 3 is 2.43 bits per heavy atom. The van der Waals surface area contributed by atoms with Gasteiger partial charge in [0.25, 0.3) is 0 Å². The van der Waals surface area contributed by atoms with E-state index in [1.54, 1.807) is 0 Å². The van der Waals surface area contributed by atoms with Crippen LogP contribution in [0.1, 0.15) is 36.1 Å². The van der Waals surface area contributed by atoms with Gasteiger partial charge in [0.1, 0.15) is 0 Å². The number of piperazine rings is 1. The molecule has 1 aromatic heterocycles. The Morgan fingerprint density at radius 1 is 1.00 bits per heavy atom. The van der Waals surface area contributed by atoms with E-state index in [2.05, 4.69) is 73.9 Å². The first kappa shape index (κ1) is 19.7. The lowest BCUT2D eigenvalue weighted by molar-refractivity contribution is 0.123. The third kappa shape index (κ3) is 4.05. The summed E-state index contributed by atoms with van der Waals surface area (Å²) in [5, 5.41) is 1.15. The molecule has 0 saturated carbocycles. The van der Waals surface area contributed by atoms with Crippen molar-refractivity contribution < 1.29 is 0 Å². The third-order valence-corrected chi connectivity index (χ3v) is 7.01. The van der Waals surface area contributed by atoms with E-state index in [-0.39, 0.29) is 0 Å². The molecule has 0 N–H and O–H groups in total. The highest BCUT2D eigenvalue weighted by Gasteiger charge is 2.30. The second kappa shape index (κ2) is 8.02. The molecule has 1 aliphatic heterocycles. The maximum atomic E-state index is 6.08. The lowest BCUT2D eigenvalue weighted by atomic mass is 10.0. The lowest BCUT2D eigenvalue weighted by Gasteiger charge is -2.44. The zero-order valence-electron chi connectivity index (χ0n) is 17.1. The summed E-state index contributed by atoms with van der Waals surface area (Å²) >= 11 is 7.89. The Kier molecular flexibility index (Phi) is 5.64. The first-order chi connectivity index (χ1) is 13.4. The number of aryl methyl sites for hydroxylation is 2. The molecular formula is C23H28ClN3S. The zero-order valence-corrected chi connectivity index (χ0v) is 18.6. The SMILES string of the molecule is Cc1cc(CCl)cc(CN2C(C)CN(c3nc4ccc(C)cc4s3)CC2C)c1. The van der Waals surface area contributed by atoms with E-state index in [1.165, 1.54) is 27.0 Å². The van der Waals surface area contributed by atoms with Crippen molar-refractivity contribution in [2.24, 2.45) is 0 Å². The number of alkyl halides is 1. The molecule has 2 unspecified atom stereocenters. The number of thiazole rings is 1. The van der Waals surface area contributed by atoms with E-state index in [4.69, 9.17) is 16.6 Å². The molecule has 0 aliphatic carbocycles. The van der Waals surface area contributed by atoms with Crippen LogP contribution in [-0.2, 0) is 12.4 Å². The van der Waals surface area contributed by atoms with Crippen molar-refractivity contribution in [3.05, 3.63) is 58.7 Å². The fraction of sp³-hybridized carbons (Fsp3) is 0.435. The largest absolute Gasteiger partial charge is 0.345 e. The highest BCUT2D eigenvalue weighted by molar-refractivity contribution is 7.22. The first-order valence-electron chi connectivity index (χ1n) is 9.96. The van der Waals surface area contributed by atoms with Gasteiger partial charge in [-0.1, -0.05) is 41.2 Å². The quantitative estimate of drug-likeness (QED) is 0.507.